The van der Waals surface area contributed by atoms with E-state index in [0.29, 0.717) is 13.2 Å². The van der Waals surface area contributed by atoms with E-state index >= 15 is 0 Å². The molecule has 2 unspecified atom stereocenters. The van der Waals surface area contributed by atoms with Crippen molar-refractivity contribution in [2.75, 3.05) is 19.8 Å². The molecule has 5 heteroatoms. The van der Waals surface area contributed by atoms with E-state index in [1.807, 2.05) is 54.6 Å². The molecule has 0 radical (unpaired) electrons. The van der Waals surface area contributed by atoms with Crippen molar-refractivity contribution in [1.29, 1.82) is 0 Å². The highest BCUT2D eigenvalue weighted by Crippen LogP contribution is 2.19. The van der Waals surface area contributed by atoms with Crippen molar-refractivity contribution in [2.24, 2.45) is 0 Å². The Morgan fingerprint density at radius 1 is 0.958 bits per heavy atom. The van der Waals surface area contributed by atoms with Gasteiger partial charge in [-0.3, -0.25) is 0 Å². The van der Waals surface area contributed by atoms with Crippen LogP contribution < -0.4 is 4.74 Å². The Morgan fingerprint density at radius 2 is 1.71 bits per heavy atom. The first-order valence-corrected chi connectivity index (χ1v) is 9.41. The molecular weight excluding hydrogens is 324 g/mol. The van der Waals surface area contributed by atoms with E-state index in [1.165, 1.54) is 0 Å². The smallest absolute Gasteiger partial charge is 0.157 e. The molecule has 1 aliphatic heterocycles. The molecule has 1 saturated heterocycles. The molecule has 2 aromatic carbocycles. The van der Waals surface area contributed by atoms with Gasteiger partial charge in [-0.2, -0.15) is 0 Å². The summed E-state index contributed by atoms with van der Waals surface area (Å²) in [4.78, 5) is 1.56. The summed E-state index contributed by atoms with van der Waals surface area (Å²) >= 11 is 0. The molecule has 24 heavy (non-hydrogen) atoms. The first-order chi connectivity index (χ1) is 11.8. The first kappa shape index (κ1) is 17.1. The zero-order chi connectivity index (χ0) is 16.6. The molecule has 4 nitrogen and oxygen atoms in total. The monoisotopic (exact) mass is 346 g/mol. The largest absolute Gasteiger partial charge is 0.491 e. The number of benzene rings is 2. The third-order valence-corrected chi connectivity index (χ3v) is 5.19. The molecule has 1 fully saturated rings. The summed E-state index contributed by atoms with van der Waals surface area (Å²) < 4.78 is 29.2. The summed E-state index contributed by atoms with van der Waals surface area (Å²) in [5.41, 5.74) is 0. The average molecular weight is 346 g/mol. The molecule has 0 aliphatic carbocycles. The summed E-state index contributed by atoms with van der Waals surface area (Å²) in [7, 11) is -1.16. The number of rotatable bonds is 7. The fourth-order valence-electron chi connectivity index (χ4n) is 2.52. The lowest BCUT2D eigenvalue weighted by Gasteiger charge is -2.22. The first-order valence-electron chi connectivity index (χ1n) is 8.26. The molecule has 3 rings (SSSR count). The zero-order valence-corrected chi connectivity index (χ0v) is 14.4. The lowest BCUT2D eigenvalue weighted by molar-refractivity contribution is -0.165. The lowest BCUT2D eigenvalue weighted by atomic mass is 10.2. The van der Waals surface area contributed by atoms with Gasteiger partial charge in [0.1, 0.15) is 12.4 Å². The second-order valence-corrected chi connectivity index (χ2v) is 7.05. The Labute approximate surface area is 145 Å². The Morgan fingerprint density at radius 3 is 2.42 bits per heavy atom. The Hall–Kier alpha value is -1.69. The molecule has 0 saturated carbocycles. The van der Waals surface area contributed by atoms with E-state index in [4.69, 9.17) is 14.2 Å². The van der Waals surface area contributed by atoms with Gasteiger partial charge in [0.15, 0.2) is 6.29 Å². The maximum atomic E-state index is 12.4. The highest BCUT2D eigenvalue weighted by molar-refractivity contribution is 7.85. The van der Waals surface area contributed by atoms with Crippen molar-refractivity contribution in [1.82, 2.24) is 0 Å². The topological polar surface area (TPSA) is 44.8 Å². The van der Waals surface area contributed by atoms with Crippen molar-refractivity contribution in [2.45, 2.75) is 35.3 Å². The second kappa shape index (κ2) is 8.97. The van der Waals surface area contributed by atoms with Gasteiger partial charge in [0.05, 0.1) is 17.4 Å². The lowest BCUT2D eigenvalue weighted by Crippen LogP contribution is -2.24. The van der Waals surface area contributed by atoms with E-state index in [9.17, 15) is 4.21 Å². The van der Waals surface area contributed by atoms with Gasteiger partial charge in [-0.05, 0) is 55.7 Å². The molecule has 2 aromatic rings. The van der Waals surface area contributed by atoms with Gasteiger partial charge in [-0.15, -0.1) is 0 Å². The third kappa shape index (κ3) is 4.90. The average Bonchev–Trinajstić information content (AvgIpc) is 2.67. The van der Waals surface area contributed by atoms with Gasteiger partial charge in [0.25, 0.3) is 0 Å². The van der Waals surface area contributed by atoms with Crippen LogP contribution in [0.4, 0.5) is 0 Å². The maximum Gasteiger partial charge on any atom is 0.157 e. The van der Waals surface area contributed by atoms with Crippen molar-refractivity contribution in [3.8, 4) is 5.75 Å². The minimum atomic E-state index is -1.16. The van der Waals surface area contributed by atoms with Crippen LogP contribution in [-0.4, -0.2) is 30.3 Å². The third-order valence-electron chi connectivity index (χ3n) is 3.79. The van der Waals surface area contributed by atoms with Gasteiger partial charge in [0.2, 0.25) is 0 Å². The van der Waals surface area contributed by atoms with Gasteiger partial charge in [-0.25, -0.2) is 4.21 Å². The fourth-order valence-corrected chi connectivity index (χ4v) is 3.58. The summed E-state index contributed by atoms with van der Waals surface area (Å²) in [5.74, 6) is 0.747. The van der Waals surface area contributed by atoms with Gasteiger partial charge in [0, 0.05) is 16.4 Å². The summed E-state index contributed by atoms with van der Waals surface area (Å²) in [6.45, 7) is 1.76. The van der Waals surface area contributed by atoms with E-state index < -0.39 is 10.8 Å². The van der Waals surface area contributed by atoms with Crippen molar-refractivity contribution in [3.05, 3.63) is 54.6 Å². The van der Waals surface area contributed by atoms with Crippen LogP contribution in [0.15, 0.2) is 64.4 Å². The Balaban J connectivity index is 1.45. The molecule has 0 spiro atoms. The summed E-state index contributed by atoms with van der Waals surface area (Å²) in [6.07, 6.45) is 3.15. The van der Waals surface area contributed by atoms with Crippen LogP contribution in [0.25, 0.3) is 0 Å². The fraction of sp³-hybridized carbons (Fsp3) is 0.368. The zero-order valence-electron chi connectivity index (χ0n) is 13.6. The van der Waals surface area contributed by atoms with Crippen LogP contribution in [0.3, 0.4) is 0 Å². The van der Waals surface area contributed by atoms with E-state index in [2.05, 4.69) is 0 Å². The highest BCUT2D eigenvalue weighted by Gasteiger charge is 2.13. The quantitative estimate of drug-likeness (QED) is 0.716. The van der Waals surface area contributed by atoms with Gasteiger partial charge < -0.3 is 14.2 Å². The van der Waals surface area contributed by atoms with Crippen LogP contribution in [0, 0.1) is 0 Å². The summed E-state index contributed by atoms with van der Waals surface area (Å²) in [6, 6.07) is 16.8. The number of hydrogen-bond acceptors (Lipinski definition) is 4. The van der Waals surface area contributed by atoms with Crippen molar-refractivity contribution >= 4 is 10.8 Å². The molecule has 1 heterocycles. The molecule has 0 aromatic heterocycles. The molecule has 1 aliphatic rings. The SMILES string of the molecule is O=S(c1ccccc1)c1ccc(OCCOC2CCCCO2)cc1. The normalized spacial score (nSPS) is 18.9. The molecular formula is C19H22O4S. The van der Waals surface area contributed by atoms with E-state index in [1.54, 1.807) is 0 Å². The minimum absolute atomic E-state index is 0.0852. The van der Waals surface area contributed by atoms with Crippen molar-refractivity contribution < 1.29 is 18.4 Å². The minimum Gasteiger partial charge on any atom is -0.491 e. The maximum absolute atomic E-state index is 12.4. The van der Waals surface area contributed by atoms with Crippen LogP contribution in [0.5, 0.6) is 5.75 Å². The predicted octanol–water partition coefficient (Wildman–Crippen LogP) is 3.78. The van der Waals surface area contributed by atoms with Crippen LogP contribution >= 0.6 is 0 Å². The van der Waals surface area contributed by atoms with Crippen LogP contribution in [-0.2, 0) is 20.3 Å². The predicted molar refractivity (Wildman–Crippen MR) is 92.6 cm³/mol. The molecule has 0 N–H and O–H groups in total. The van der Waals surface area contributed by atoms with Gasteiger partial charge in [-0.1, -0.05) is 18.2 Å². The Kier molecular flexibility index (Phi) is 6.41. The molecule has 2 atom stereocenters. The number of ether oxygens (including phenoxy) is 3. The van der Waals surface area contributed by atoms with E-state index in [0.717, 1.165) is 41.4 Å². The van der Waals surface area contributed by atoms with Crippen LogP contribution in [0.2, 0.25) is 0 Å². The molecule has 128 valence electrons. The molecule has 0 bridgehead atoms. The highest BCUT2D eigenvalue weighted by atomic mass is 32.2. The Bertz CT molecular complexity index is 636. The van der Waals surface area contributed by atoms with Crippen molar-refractivity contribution in [3.63, 3.8) is 0 Å². The van der Waals surface area contributed by atoms with Gasteiger partial charge >= 0.3 is 0 Å². The number of hydrogen-bond donors (Lipinski definition) is 0. The van der Waals surface area contributed by atoms with E-state index in [-0.39, 0.29) is 6.29 Å². The standard InChI is InChI=1S/C19H22O4S/c20-24(17-6-2-1-3-7-17)18-11-9-16(10-12-18)21-14-15-23-19-8-4-5-13-22-19/h1-3,6-7,9-12,19H,4-5,8,13-15H2. The van der Waals surface area contributed by atoms with Crippen LogP contribution in [0.1, 0.15) is 19.3 Å². The molecule has 0 amide bonds. The second-order valence-electron chi connectivity index (χ2n) is 5.57. The summed E-state index contributed by atoms with van der Waals surface area (Å²) in [5, 5.41) is 0.